The van der Waals surface area contributed by atoms with Crippen LogP contribution in [0.15, 0.2) is 46.2 Å². The SMILES string of the molecule is COc1ccc(OC)c([C@H](C)NS(=O)(=O)c2ccc(SC)c(C(=O)N3CCCCC3)c2)c1. The number of likely N-dealkylation sites (tertiary alicyclic amines) is 1. The first-order valence-electron chi connectivity index (χ1n) is 10.5. The molecule has 0 unspecified atom stereocenters. The molecule has 1 saturated heterocycles. The summed E-state index contributed by atoms with van der Waals surface area (Å²) in [5.41, 5.74) is 1.08. The van der Waals surface area contributed by atoms with Gasteiger partial charge in [0.05, 0.1) is 24.7 Å². The average molecular weight is 479 g/mol. The van der Waals surface area contributed by atoms with Gasteiger partial charge < -0.3 is 14.4 Å². The van der Waals surface area contributed by atoms with Crippen LogP contribution in [-0.2, 0) is 10.0 Å². The summed E-state index contributed by atoms with van der Waals surface area (Å²) in [6.45, 7) is 3.15. The zero-order chi connectivity index (χ0) is 23.3. The molecule has 2 aromatic carbocycles. The number of carbonyl (C=O) groups is 1. The van der Waals surface area contributed by atoms with Crippen LogP contribution in [0.1, 0.15) is 48.1 Å². The maximum absolute atomic E-state index is 13.2. The van der Waals surface area contributed by atoms with E-state index in [4.69, 9.17) is 9.47 Å². The number of nitrogens with zero attached hydrogens (tertiary/aromatic N) is 1. The average Bonchev–Trinajstić information content (AvgIpc) is 2.82. The van der Waals surface area contributed by atoms with E-state index in [1.807, 2.05) is 11.2 Å². The van der Waals surface area contributed by atoms with Crippen molar-refractivity contribution < 1.29 is 22.7 Å². The molecule has 0 bridgehead atoms. The highest BCUT2D eigenvalue weighted by Gasteiger charge is 2.25. The van der Waals surface area contributed by atoms with Crippen LogP contribution >= 0.6 is 11.8 Å². The molecule has 9 heteroatoms. The summed E-state index contributed by atoms with van der Waals surface area (Å²) < 4.78 is 39.8. The summed E-state index contributed by atoms with van der Waals surface area (Å²) in [5.74, 6) is 1.04. The molecule has 7 nitrogen and oxygen atoms in total. The second kappa shape index (κ2) is 10.6. The molecule has 1 fully saturated rings. The van der Waals surface area contributed by atoms with Crippen molar-refractivity contribution in [1.29, 1.82) is 0 Å². The summed E-state index contributed by atoms with van der Waals surface area (Å²) in [5, 5.41) is 0. The topological polar surface area (TPSA) is 84.9 Å². The van der Waals surface area contributed by atoms with Gasteiger partial charge in [0.2, 0.25) is 10.0 Å². The molecule has 0 spiro atoms. The number of rotatable bonds is 8. The van der Waals surface area contributed by atoms with Gasteiger partial charge in [0.1, 0.15) is 11.5 Å². The first-order chi connectivity index (χ1) is 15.3. The Morgan fingerprint density at radius 1 is 1.06 bits per heavy atom. The van der Waals surface area contributed by atoms with Crippen molar-refractivity contribution >= 4 is 27.7 Å². The van der Waals surface area contributed by atoms with Gasteiger partial charge in [-0.05, 0) is 68.8 Å². The summed E-state index contributed by atoms with van der Waals surface area (Å²) in [6, 6.07) is 9.38. The van der Waals surface area contributed by atoms with Gasteiger partial charge in [-0.3, -0.25) is 4.79 Å². The van der Waals surface area contributed by atoms with E-state index in [2.05, 4.69) is 4.72 Å². The Hall–Kier alpha value is -2.23. The number of piperidine rings is 1. The Bertz CT molecular complexity index is 1070. The van der Waals surface area contributed by atoms with E-state index in [9.17, 15) is 13.2 Å². The van der Waals surface area contributed by atoms with E-state index in [-0.39, 0.29) is 10.8 Å². The molecule has 0 saturated carbocycles. The Morgan fingerprint density at radius 2 is 1.78 bits per heavy atom. The summed E-state index contributed by atoms with van der Waals surface area (Å²) in [7, 11) is -0.806. The van der Waals surface area contributed by atoms with E-state index >= 15 is 0 Å². The zero-order valence-corrected chi connectivity index (χ0v) is 20.5. The molecule has 2 aromatic rings. The van der Waals surface area contributed by atoms with Crippen molar-refractivity contribution in [2.45, 2.75) is 42.0 Å². The molecule has 1 aliphatic heterocycles. The molecule has 1 N–H and O–H groups in total. The predicted octanol–water partition coefficient (Wildman–Crippen LogP) is 4.09. The minimum Gasteiger partial charge on any atom is -0.497 e. The number of hydrogen-bond donors (Lipinski definition) is 1. The standard InChI is InChI=1S/C23H30N2O5S2/c1-16(19-14-17(29-2)8-10-21(19)30-3)24-32(27,28)18-9-11-22(31-4)20(15-18)23(26)25-12-6-5-7-13-25/h8-11,14-16,24H,5-7,12-13H2,1-4H3/t16-/m0/s1. The minimum absolute atomic E-state index is 0.0596. The van der Waals surface area contributed by atoms with Crippen LogP contribution in [0, 0.1) is 0 Å². The minimum atomic E-state index is -3.89. The van der Waals surface area contributed by atoms with E-state index in [1.54, 1.807) is 38.3 Å². The monoisotopic (exact) mass is 478 g/mol. The number of thioether (sulfide) groups is 1. The highest BCUT2D eigenvalue weighted by molar-refractivity contribution is 7.98. The van der Waals surface area contributed by atoms with Crippen molar-refractivity contribution in [3.8, 4) is 11.5 Å². The molecule has 32 heavy (non-hydrogen) atoms. The smallest absolute Gasteiger partial charge is 0.255 e. The van der Waals surface area contributed by atoms with Gasteiger partial charge in [0.15, 0.2) is 0 Å². The van der Waals surface area contributed by atoms with Crippen molar-refractivity contribution in [2.24, 2.45) is 0 Å². The van der Waals surface area contributed by atoms with Crippen LogP contribution in [0.3, 0.4) is 0 Å². The van der Waals surface area contributed by atoms with Crippen molar-refractivity contribution in [1.82, 2.24) is 9.62 Å². The normalized spacial score (nSPS) is 15.3. The van der Waals surface area contributed by atoms with Crippen molar-refractivity contribution in [2.75, 3.05) is 33.6 Å². The van der Waals surface area contributed by atoms with Crippen LogP contribution in [0.2, 0.25) is 0 Å². The van der Waals surface area contributed by atoms with Crippen LogP contribution in [0.4, 0.5) is 0 Å². The number of carbonyl (C=O) groups excluding carboxylic acids is 1. The van der Waals surface area contributed by atoms with Crippen LogP contribution in [0.5, 0.6) is 11.5 Å². The number of hydrogen-bond acceptors (Lipinski definition) is 6. The Balaban J connectivity index is 1.90. The lowest BCUT2D eigenvalue weighted by molar-refractivity contribution is 0.0720. The lowest BCUT2D eigenvalue weighted by Gasteiger charge is -2.27. The van der Waals surface area contributed by atoms with Gasteiger partial charge in [-0.2, -0.15) is 0 Å². The molecular weight excluding hydrogens is 448 g/mol. The second-order valence-corrected chi connectivity index (χ2v) is 10.2. The van der Waals surface area contributed by atoms with Gasteiger partial charge in [-0.15, -0.1) is 11.8 Å². The number of ether oxygens (including phenoxy) is 2. The van der Waals surface area contributed by atoms with Crippen molar-refractivity contribution in [3.63, 3.8) is 0 Å². The van der Waals surface area contributed by atoms with Gasteiger partial charge in [-0.1, -0.05) is 0 Å². The molecule has 174 valence electrons. The summed E-state index contributed by atoms with van der Waals surface area (Å²) >= 11 is 1.43. The number of amides is 1. The molecule has 1 heterocycles. The second-order valence-electron chi connectivity index (χ2n) is 7.67. The lowest BCUT2D eigenvalue weighted by atomic mass is 10.1. The molecule has 1 amide bonds. The van der Waals surface area contributed by atoms with Gasteiger partial charge >= 0.3 is 0 Å². The largest absolute Gasteiger partial charge is 0.497 e. The van der Waals surface area contributed by atoms with Gasteiger partial charge in [0.25, 0.3) is 5.91 Å². The Labute approximate surface area is 194 Å². The molecule has 1 atom stereocenters. The first-order valence-corrected chi connectivity index (χ1v) is 13.2. The fourth-order valence-corrected chi connectivity index (χ4v) is 5.65. The molecular formula is C23H30N2O5S2. The number of methoxy groups -OCH3 is 2. The summed E-state index contributed by atoms with van der Waals surface area (Å²) in [6.07, 6.45) is 4.94. The fourth-order valence-electron chi connectivity index (χ4n) is 3.83. The lowest BCUT2D eigenvalue weighted by Crippen LogP contribution is -2.36. The third kappa shape index (κ3) is 5.39. The number of benzene rings is 2. The first kappa shape index (κ1) is 24.4. The van der Waals surface area contributed by atoms with Gasteiger partial charge in [0, 0.05) is 29.6 Å². The molecule has 1 aliphatic rings. The molecule has 0 aliphatic carbocycles. The van der Waals surface area contributed by atoms with E-state index in [0.717, 1.165) is 24.2 Å². The third-order valence-electron chi connectivity index (χ3n) is 5.59. The maximum atomic E-state index is 13.2. The van der Waals surface area contributed by atoms with Gasteiger partial charge in [-0.25, -0.2) is 13.1 Å². The van der Waals surface area contributed by atoms with Crippen LogP contribution < -0.4 is 14.2 Å². The quantitative estimate of drug-likeness (QED) is 0.575. The number of nitrogens with one attached hydrogen (secondary N) is 1. The third-order valence-corrected chi connectivity index (χ3v) is 7.92. The summed E-state index contributed by atoms with van der Waals surface area (Å²) in [4.78, 5) is 15.8. The predicted molar refractivity (Wildman–Crippen MR) is 126 cm³/mol. The molecule has 0 radical (unpaired) electrons. The molecule has 0 aromatic heterocycles. The van der Waals surface area contributed by atoms with Crippen LogP contribution in [0.25, 0.3) is 0 Å². The Kier molecular flexibility index (Phi) is 8.08. The molecule has 3 rings (SSSR count). The van der Waals surface area contributed by atoms with E-state index < -0.39 is 16.1 Å². The highest BCUT2D eigenvalue weighted by atomic mass is 32.2. The van der Waals surface area contributed by atoms with Crippen LogP contribution in [-0.4, -0.2) is 52.8 Å². The zero-order valence-electron chi connectivity index (χ0n) is 18.9. The van der Waals surface area contributed by atoms with E-state index in [1.165, 1.54) is 31.0 Å². The Morgan fingerprint density at radius 3 is 2.41 bits per heavy atom. The van der Waals surface area contributed by atoms with Crippen molar-refractivity contribution in [3.05, 3.63) is 47.5 Å². The number of sulfonamides is 1. The fraction of sp³-hybridized carbons (Fsp3) is 0.435. The maximum Gasteiger partial charge on any atom is 0.255 e. The van der Waals surface area contributed by atoms with E-state index in [0.29, 0.717) is 35.7 Å². The highest BCUT2D eigenvalue weighted by Crippen LogP contribution is 2.31.